The molecule has 0 aliphatic heterocycles. The summed E-state index contributed by atoms with van der Waals surface area (Å²) in [5, 5.41) is 3.88. The lowest BCUT2D eigenvalue weighted by atomic mass is 10.0. The molecule has 0 atom stereocenters. The Morgan fingerprint density at radius 2 is 1.93 bits per heavy atom. The van der Waals surface area contributed by atoms with Crippen LogP contribution in [0.1, 0.15) is 29.4 Å². The van der Waals surface area contributed by atoms with E-state index >= 15 is 0 Å². The largest absolute Gasteiger partial charge is 0.496 e. The fourth-order valence-electron chi connectivity index (χ4n) is 3.15. The third-order valence-corrected chi connectivity index (χ3v) is 4.90. The summed E-state index contributed by atoms with van der Waals surface area (Å²) in [5.74, 6) is 1.09. The van der Waals surface area contributed by atoms with E-state index in [1.165, 1.54) is 12.1 Å². The van der Waals surface area contributed by atoms with Crippen LogP contribution in [-0.4, -0.2) is 19.6 Å². The molecule has 0 fully saturated rings. The van der Waals surface area contributed by atoms with E-state index in [0.717, 1.165) is 39.0 Å². The van der Waals surface area contributed by atoms with Crippen molar-refractivity contribution in [3.05, 3.63) is 70.7 Å². The Kier molecular flexibility index (Phi) is 5.83. The molecule has 2 aromatic carbocycles. The topological polar surface area (TPSA) is 51.5 Å². The first-order valence-electron chi connectivity index (χ1n) is 9.17. The quantitative estimate of drug-likeness (QED) is 0.614. The minimum Gasteiger partial charge on any atom is -0.496 e. The van der Waals surface area contributed by atoms with Gasteiger partial charge in [0.05, 0.1) is 7.11 Å². The van der Waals surface area contributed by atoms with Gasteiger partial charge < -0.3 is 14.5 Å². The van der Waals surface area contributed by atoms with Gasteiger partial charge in [0.1, 0.15) is 22.9 Å². The van der Waals surface area contributed by atoms with Crippen LogP contribution in [0.5, 0.6) is 5.75 Å². The van der Waals surface area contributed by atoms with Crippen molar-refractivity contribution in [2.24, 2.45) is 0 Å². The Bertz CT molecular complexity index is 1030. The van der Waals surface area contributed by atoms with Gasteiger partial charge in [0.25, 0.3) is 0 Å². The molecule has 0 unspecified atom stereocenters. The third kappa shape index (κ3) is 4.25. The van der Waals surface area contributed by atoms with Crippen molar-refractivity contribution in [1.29, 1.82) is 0 Å². The van der Waals surface area contributed by atoms with Crippen LogP contribution in [0.4, 0.5) is 4.39 Å². The molecule has 0 aliphatic carbocycles. The molecule has 4 nitrogen and oxygen atoms in total. The molecule has 0 aliphatic rings. The number of hydrogen-bond donors (Lipinski definition) is 1. The predicted octanol–water partition coefficient (Wildman–Crippen LogP) is 4.96. The van der Waals surface area contributed by atoms with Crippen molar-refractivity contribution < 1.29 is 18.3 Å². The number of amides is 1. The standard InChI is InChI=1S/C23H24FNO3/c1-14(11-23(26)25-10-9-17-5-7-18(24)8-6-17)19-12-20-15(2)16(3)28-22(20)13-21(19)27-4/h5-8,11-13H,9-10H2,1-4H3,(H,25,26)/b14-11+. The van der Waals surface area contributed by atoms with Crippen molar-refractivity contribution in [2.75, 3.05) is 13.7 Å². The number of nitrogens with one attached hydrogen (secondary N) is 1. The summed E-state index contributed by atoms with van der Waals surface area (Å²) in [6.45, 7) is 6.30. The van der Waals surface area contributed by atoms with E-state index in [2.05, 4.69) is 5.32 Å². The second-order valence-corrected chi connectivity index (χ2v) is 6.83. The van der Waals surface area contributed by atoms with E-state index < -0.39 is 0 Å². The van der Waals surface area contributed by atoms with Gasteiger partial charge in [-0.25, -0.2) is 4.39 Å². The average Bonchev–Trinajstić information content (AvgIpc) is 2.95. The summed E-state index contributed by atoms with van der Waals surface area (Å²) in [6, 6.07) is 10.1. The van der Waals surface area contributed by atoms with Gasteiger partial charge in [0.2, 0.25) is 5.91 Å². The zero-order valence-electron chi connectivity index (χ0n) is 16.6. The van der Waals surface area contributed by atoms with E-state index in [4.69, 9.17) is 9.15 Å². The maximum atomic E-state index is 12.9. The highest BCUT2D eigenvalue weighted by Gasteiger charge is 2.14. The van der Waals surface area contributed by atoms with Crippen LogP contribution in [0.3, 0.4) is 0 Å². The lowest BCUT2D eigenvalue weighted by Crippen LogP contribution is -2.23. The van der Waals surface area contributed by atoms with Gasteiger partial charge in [0, 0.05) is 29.6 Å². The maximum absolute atomic E-state index is 12.9. The molecule has 0 bridgehead atoms. The molecular formula is C23H24FNO3. The van der Waals surface area contributed by atoms with Crippen LogP contribution in [0.25, 0.3) is 16.5 Å². The van der Waals surface area contributed by atoms with Gasteiger partial charge in [-0.15, -0.1) is 0 Å². The molecule has 1 aromatic heterocycles. The molecule has 1 N–H and O–H groups in total. The van der Waals surface area contributed by atoms with Crippen LogP contribution in [0.15, 0.2) is 46.9 Å². The van der Waals surface area contributed by atoms with E-state index in [9.17, 15) is 9.18 Å². The number of carbonyl (C=O) groups is 1. The summed E-state index contributed by atoms with van der Waals surface area (Å²) in [5.41, 5.74) is 4.48. The van der Waals surface area contributed by atoms with Gasteiger partial charge in [-0.1, -0.05) is 12.1 Å². The number of benzene rings is 2. The highest BCUT2D eigenvalue weighted by molar-refractivity contribution is 5.97. The number of fused-ring (bicyclic) bond motifs is 1. The number of methoxy groups -OCH3 is 1. The monoisotopic (exact) mass is 381 g/mol. The number of hydrogen-bond acceptors (Lipinski definition) is 3. The van der Waals surface area contributed by atoms with Crippen LogP contribution in [0.2, 0.25) is 0 Å². The number of allylic oxidation sites excluding steroid dienone is 1. The molecule has 1 heterocycles. The molecule has 1 amide bonds. The third-order valence-electron chi connectivity index (χ3n) is 4.90. The van der Waals surface area contributed by atoms with Gasteiger partial charge in [-0.3, -0.25) is 4.79 Å². The highest BCUT2D eigenvalue weighted by atomic mass is 19.1. The Hall–Kier alpha value is -3.08. The number of furan rings is 1. The minimum absolute atomic E-state index is 0.179. The Morgan fingerprint density at radius 3 is 2.61 bits per heavy atom. The molecule has 3 rings (SSSR count). The molecule has 28 heavy (non-hydrogen) atoms. The van der Waals surface area contributed by atoms with Gasteiger partial charge in [-0.2, -0.15) is 0 Å². The van der Waals surface area contributed by atoms with Crippen LogP contribution < -0.4 is 10.1 Å². The van der Waals surface area contributed by atoms with Crippen LogP contribution in [-0.2, 0) is 11.2 Å². The van der Waals surface area contributed by atoms with E-state index in [0.29, 0.717) is 18.7 Å². The second-order valence-electron chi connectivity index (χ2n) is 6.83. The van der Waals surface area contributed by atoms with E-state index in [-0.39, 0.29) is 11.7 Å². The molecule has 0 saturated carbocycles. The molecule has 5 heteroatoms. The smallest absolute Gasteiger partial charge is 0.244 e. The lowest BCUT2D eigenvalue weighted by molar-refractivity contribution is -0.116. The highest BCUT2D eigenvalue weighted by Crippen LogP contribution is 2.34. The van der Waals surface area contributed by atoms with E-state index in [1.54, 1.807) is 25.3 Å². The molecule has 146 valence electrons. The number of halogens is 1. The number of rotatable bonds is 6. The molecule has 3 aromatic rings. The van der Waals surface area contributed by atoms with Crippen molar-refractivity contribution in [3.8, 4) is 5.75 Å². The predicted molar refractivity (Wildman–Crippen MR) is 109 cm³/mol. The van der Waals surface area contributed by atoms with Gasteiger partial charge in [0.15, 0.2) is 0 Å². The summed E-state index contributed by atoms with van der Waals surface area (Å²) >= 11 is 0. The summed E-state index contributed by atoms with van der Waals surface area (Å²) in [7, 11) is 1.60. The molecule has 0 saturated heterocycles. The first-order chi connectivity index (χ1) is 13.4. The van der Waals surface area contributed by atoms with Crippen molar-refractivity contribution >= 4 is 22.4 Å². The number of carbonyl (C=O) groups excluding carboxylic acids is 1. The first-order valence-corrected chi connectivity index (χ1v) is 9.17. The maximum Gasteiger partial charge on any atom is 0.244 e. The van der Waals surface area contributed by atoms with E-state index in [1.807, 2.05) is 32.9 Å². The zero-order chi connectivity index (χ0) is 20.3. The van der Waals surface area contributed by atoms with Crippen LogP contribution in [0, 0.1) is 19.7 Å². The van der Waals surface area contributed by atoms with Gasteiger partial charge >= 0.3 is 0 Å². The van der Waals surface area contributed by atoms with Crippen LogP contribution >= 0.6 is 0 Å². The lowest BCUT2D eigenvalue weighted by Gasteiger charge is -2.10. The Labute approximate surface area is 164 Å². The van der Waals surface area contributed by atoms with Crippen molar-refractivity contribution in [1.82, 2.24) is 5.32 Å². The minimum atomic E-state index is -0.264. The fraction of sp³-hybridized carbons (Fsp3) is 0.261. The molecule has 0 radical (unpaired) electrons. The summed E-state index contributed by atoms with van der Waals surface area (Å²) in [6.07, 6.45) is 2.21. The van der Waals surface area contributed by atoms with Gasteiger partial charge in [-0.05, 0) is 62.1 Å². The number of aryl methyl sites for hydroxylation is 2. The summed E-state index contributed by atoms with van der Waals surface area (Å²) in [4.78, 5) is 12.3. The second kappa shape index (κ2) is 8.30. The number of ether oxygens (including phenoxy) is 1. The summed E-state index contributed by atoms with van der Waals surface area (Å²) < 4.78 is 24.2. The Morgan fingerprint density at radius 1 is 1.21 bits per heavy atom. The zero-order valence-corrected chi connectivity index (χ0v) is 16.6. The van der Waals surface area contributed by atoms with Crippen molar-refractivity contribution in [2.45, 2.75) is 27.2 Å². The molecular weight excluding hydrogens is 357 g/mol. The van der Waals surface area contributed by atoms with Crippen molar-refractivity contribution in [3.63, 3.8) is 0 Å². The fourth-order valence-corrected chi connectivity index (χ4v) is 3.15. The SMILES string of the molecule is COc1cc2oc(C)c(C)c2cc1/C(C)=C/C(=O)NCCc1ccc(F)cc1. The first kappa shape index (κ1) is 19.7. The normalized spacial score (nSPS) is 11.7. The molecule has 0 spiro atoms. The Balaban J connectivity index is 1.73. The average molecular weight is 381 g/mol.